The maximum absolute atomic E-state index is 12.1. The summed E-state index contributed by atoms with van der Waals surface area (Å²) in [4.78, 5) is 12.1. The predicted molar refractivity (Wildman–Crippen MR) is 72.2 cm³/mol. The maximum Gasteiger partial charge on any atom is 0.270 e. The van der Waals surface area contributed by atoms with E-state index in [9.17, 15) is 4.79 Å². The molecule has 4 atom stereocenters. The number of hydrogen-bond acceptors (Lipinski definition) is 2. The normalized spacial score (nSPS) is 31.6. The third kappa shape index (κ3) is 2.09. The Morgan fingerprint density at radius 3 is 2.94 bits per heavy atom. The number of hydrogen-bond donors (Lipinski definition) is 2. The Morgan fingerprint density at radius 2 is 2.39 bits per heavy atom. The third-order valence-corrected chi connectivity index (χ3v) is 5.22. The van der Waals surface area contributed by atoms with Crippen molar-refractivity contribution < 1.29 is 4.79 Å². The molecule has 1 aromatic rings. The SMILES string of the molecule is CC(NC(=O)c1[nH]ncc1Br)C1CC2CCC1C2. The van der Waals surface area contributed by atoms with E-state index in [4.69, 9.17) is 0 Å². The predicted octanol–water partition coefficient (Wildman–Crippen LogP) is 2.73. The highest BCUT2D eigenvalue weighted by Gasteiger charge is 2.42. The summed E-state index contributed by atoms with van der Waals surface area (Å²) in [5.41, 5.74) is 0.519. The number of halogens is 1. The van der Waals surface area contributed by atoms with Crippen molar-refractivity contribution in [1.82, 2.24) is 15.5 Å². The molecule has 0 aromatic carbocycles. The zero-order chi connectivity index (χ0) is 12.7. The van der Waals surface area contributed by atoms with E-state index in [1.54, 1.807) is 6.20 Å². The maximum atomic E-state index is 12.1. The summed E-state index contributed by atoms with van der Waals surface area (Å²) in [6.07, 6.45) is 7.02. The number of amides is 1. The molecular formula is C13H18BrN3O. The van der Waals surface area contributed by atoms with Crippen LogP contribution in [0, 0.1) is 17.8 Å². The number of H-pyrrole nitrogens is 1. The van der Waals surface area contributed by atoms with Crippen molar-refractivity contribution in [3.8, 4) is 0 Å². The Labute approximate surface area is 115 Å². The van der Waals surface area contributed by atoms with Crippen LogP contribution in [0.1, 0.15) is 43.1 Å². The second-order valence-electron chi connectivity index (χ2n) is 5.69. The minimum atomic E-state index is -0.0605. The molecule has 2 fully saturated rings. The van der Waals surface area contributed by atoms with E-state index in [2.05, 4.69) is 38.4 Å². The molecule has 2 saturated carbocycles. The van der Waals surface area contributed by atoms with Gasteiger partial charge in [-0.1, -0.05) is 6.42 Å². The van der Waals surface area contributed by atoms with Crippen LogP contribution in [0.4, 0.5) is 0 Å². The van der Waals surface area contributed by atoms with E-state index in [0.29, 0.717) is 11.6 Å². The molecule has 2 aliphatic carbocycles. The molecule has 4 nitrogen and oxygen atoms in total. The quantitative estimate of drug-likeness (QED) is 0.901. The molecule has 0 spiro atoms. The molecule has 2 bridgehead atoms. The molecule has 0 aliphatic heterocycles. The second kappa shape index (κ2) is 4.68. The number of nitrogens with zero attached hydrogens (tertiary/aromatic N) is 1. The van der Waals surface area contributed by atoms with E-state index in [0.717, 1.165) is 16.3 Å². The first-order valence-corrected chi connectivity index (χ1v) is 7.44. The van der Waals surface area contributed by atoms with Crippen LogP contribution in [0.15, 0.2) is 10.7 Å². The molecule has 1 aromatic heterocycles. The lowest BCUT2D eigenvalue weighted by Gasteiger charge is -2.28. The number of rotatable bonds is 3. The third-order valence-electron chi connectivity index (χ3n) is 4.61. The van der Waals surface area contributed by atoms with Crippen LogP contribution in [-0.2, 0) is 0 Å². The molecule has 2 N–H and O–H groups in total. The van der Waals surface area contributed by atoms with Crippen LogP contribution in [0.2, 0.25) is 0 Å². The topological polar surface area (TPSA) is 57.8 Å². The van der Waals surface area contributed by atoms with Crippen molar-refractivity contribution in [2.75, 3.05) is 0 Å². The fourth-order valence-corrected chi connectivity index (χ4v) is 4.09. The molecule has 0 radical (unpaired) electrons. The molecule has 1 amide bonds. The molecule has 3 rings (SSSR count). The van der Waals surface area contributed by atoms with E-state index < -0.39 is 0 Å². The van der Waals surface area contributed by atoms with Crippen molar-refractivity contribution >= 4 is 21.8 Å². The van der Waals surface area contributed by atoms with Gasteiger partial charge in [-0.15, -0.1) is 0 Å². The summed E-state index contributed by atoms with van der Waals surface area (Å²) in [6.45, 7) is 2.13. The van der Waals surface area contributed by atoms with Crippen molar-refractivity contribution in [3.63, 3.8) is 0 Å². The summed E-state index contributed by atoms with van der Waals surface area (Å²) in [6, 6.07) is 0.253. The molecule has 5 heteroatoms. The lowest BCUT2D eigenvalue weighted by atomic mass is 9.84. The molecule has 2 aliphatic rings. The molecule has 1 heterocycles. The van der Waals surface area contributed by atoms with Gasteiger partial charge in [0.1, 0.15) is 5.69 Å². The van der Waals surface area contributed by atoms with Crippen molar-refractivity contribution in [2.45, 2.75) is 38.6 Å². The fourth-order valence-electron chi connectivity index (χ4n) is 3.72. The highest BCUT2D eigenvalue weighted by Crippen LogP contribution is 2.49. The Bertz CT molecular complexity index is 459. The summed E-state index contributed by atoms with van der Waals surface area (Å²) < 4.78 is 0.722. The zero-order valence-electron chi connectivity index (χ0n) is 10.4. The molecule has 18 heavy (non-hydrogen) atoms. The zero-order valence-corrected chi connectivity index (χ0v) is 12.0. The van der Waals surface area contributed by atoms with Crippen LogP contribution in [-0.4, -0.2) is 22.1 Å². The molecular weight excluding hydrogens is 294 g/mol. The van der Waals surface area contributed by atoms with Gasteiger partial charge in [-0.2, -0.15) is 5.10 Å². The van der Waals surface area contributed by atoms with Gasteiger partial charge < -0.3 is 5.32 Å². The summed E-state index contributed by atoms with van der Waals surface area (Å²) >= 11 is 3.32. The Hall–Kier alpha value is -0.840. The first kappa shape index (κ1) is 12.2. The molecule has 4 unspecified atom stereocenters. The monoisotopic (exact) mass is 311 g/mol. The number of carbonyl (C=O) groups is 1. The average molecular weight is 312 g/mol. The second-order valence-corrected chi connectivity index (χ2v) is 6.55. The molecule has 0 saturated heterocycles. The minimum absolute atomic E-state index is 0.0605. The first-order valence-electron chi connectivity index (χ1n) is 6.65. The summed E-state index contributed by atoms with van der Waals surface area (Å²) in [5.74, 6) is 2.35. The van der Waals surface area contributed by atoms with Crippen LogP contribution in [0.3, 0.4) is 0 Å². The van der Waals surface area contributed by atoms with Crippen molar-refractivity contribution in [2.24, 2.45) is 17.8 Å². The Kier molecular flexibility index (Phi) is 3.18. The largest absolute Gasteiger partial charge is 0.348 e. The van der Waals surface area contributed by atoms with Gasteiger partial charge in [0, 0.05) is 6.04 Å². The summed E-state index contributed by atoms with van der Waals surface area (Å²) in [7, 11) is 0. The van der Waals surface area contributed by atoms with Crippen LogP contribution < -0.4 is 5.32 Å². The van der Waals surface area contributed by atoms with Gasteiger partial charge in [-0.3, -0.25) is 9.89 Å². The van der Waals surface area contributed by atoms with Crippen LogP contribution in [0.25, 0.3) is 0 Å². The van der Waals surface area contributed by atoms with Gasteiger partial charge in [-0.25, -0.2) is 0 Å². The fraction of sp³-hybridized carbons (Fsp3) is 0.692. The lowest BCUT2D eigenvalue weighted by molar-refractivity contribution is 0.0909. The van der Waals surface area contributed by atoms with Gasteiger partial charge in [0.2, 0.25) is 0 Å². The average Bonchev–Trinajstić information content (AvgIpc) is 3.03. The van der Waals surface area contributed by atoms with Crippen molar-refractivity contribution in [1.29, 1.82) is 0 Å². The van der Waals surface area contributed by atoms with Crippen LogP contribution in [0.5, 0.6) is 0 Å². The number of carbonyl (C=O) groups excluding carboxylic acids is 1. The molecule has 98 valence electrons. The van der Waals surface area contributed by atoms with E-state index in [-0.39, 0.29) is 11.9 Å². The smallest absolute Gasteiger partial charge is 0.270 e. The van der Waals surface area contributed by atoms with E-state index in [1.165, 1.54) is 25.7 Å². The number of aromatic nitrogens is 2. The van der Waals surface area contributed by atoms with Gasteiger partial charge in [0.15, 0.2) is 0 Å². The standard InChI is InChI=1S/C13H18BrN3O/c1-7(10-5-8-2-3-9(10)4-8)16-13(18)12-11(14)6-15-17-12/h6-10H,2-5H2,1H3,(H,15,17)(H,16,18). The highest BCUT2D eigenvalue weighted by molar-refractivity contribution is 9.10. The van der Waals surface area contributed by atoms with E-state index in [1.807, 2.05) is 0 Å². The summed E-state index contributed by atoms with van der Waals surface area (Å²) in [5, 5.41) is 9.69. The van der Waals surface area contributed by atoms with Gasteiger partial charge >= 0.3 is 0 Å². The Balaban J connectivity index is 1.63. The van der Waals surface area contributed by atoms with Gasteiger partial charge in [0.25, 0.3) is 5.91 Å². The number of nitrogens with one attached hydrogen (secondary N) is 2. The first-order chi connectivity index (χ1) is 8.65. The lowest BCUT2D eigenvalue weighted by Crippen LogP contribution is -2.40. The van der Waals surface area contributed by atoms with E-state index >= 15 is 0 Å². The highest BCUT2D eigenvalue weighted by atomic mass is 79.9. The number of fused-ring (bicyclic) bond motifs is 2. The van der Waals surface area contributed by atoms with Crippen LogP contribution >= 0.6 is 15.9 Å². The minimum Gasteiger partial charge on any atom is -0.348 e. The van der Waals surface area contributed by atoms with Gasteiger partial charge in [0.05, 0.1) is 10.7 Å². The number of aromatic amines is 1. The van der Waals surface area contributed by atoms with Gasteiger partial charge in [-0.05, 0) is 59.9 Å². The Morgan fingerprint density at radius 1 is 1.56 bits per heavy atom. The van der Waals surface area contributed by atoms with Crippen molar-refractivity contribution in [3.05, 3.63) is 16.4 Å².